The van der Waals surface area contributed by atoms with E-state index in [9.17, 15) is 0 Å². The quantitative estimate of drug-likeness (QED) is 0.702. The van der Waals surface area contributed by atoms with Crippen LogP contribution in [0.4, 0.5) is 0 Å². The Morgan fingerprint density at radius 1 is 1.26 bits per heavy atom. The van der Waals surface area contributed by atoms with Gasteiger partial charge >= 0.3 is 0 Å². The lowest BCUT2D eigenvalue weighted by atomic mass is 9.98. The van der Waals surface area contributed by atoms with E-state index in [1.807, 2.05) is 12.3 Å². The highest BCUT2D eigenvalue weighted by Crippen LogP contribution is 2.29. The molecule has 1 aliphatic rings. The lowest BCUT2D eigenvalue weighted by Gasteiger charge is -2.36. The van der Waals surface area contributed by atoms with Gasteiger partial charge in [-0.25, -0.2) is 4.98 Å². The van der Waals surface area contributed by atoms with Crippen molar-refractivity contribution >= 4 is 10.9 Å². The number of piperidine rings is 1. The number of H-pyrrole nitrogens is 1. The number of methoxy groups -OCH3 is 1. The van der Waals surface area contributed by atoms with Crippen LogP contribution in [-0.4, -0.2) is 39.1 Å². The van der Waals surface area contributed by atoms with Crippen LogP contribution in [0.25, 0.3) is 10.9 Å². The molecule has 1 N–H and O–H groups in total. The van der Waals surface area contributed by atoms with Crippen molar-refractivity contribution in [2.75, 3.05) is 13.7 Å². The number of likely N-dealkylation sites (tertiary alicyclic amines) is 1. The first-order chi connectivity index (χ1) is 13.2. The number of imidazole rings is 1. The molecule has 0 radical (unpaired) electrons. The Balaban J connectivity index is 1.50. The van der Waals surface area contributed by atoms with E-state index in [-0.39, 0.29) is 0 Å². The number of aromatic amines is 1. The molecule has 5 heteroatoms. The zero-order chi connectivity index (χ0) is 18.8. The summed E-state index contributed by atoms with van der Waals surface area (Å²) in [5.41, 5.74) is 3.88. The van der Waals surface area contributed by atoms with E-state index >= 15 is 0 Å². The Bertz CT molecular complexity index is 910. The molecular formula is C22H30N4O. The Morgan fingerprint density at radius 3 is 2.93 bits per heavy atom. The van der Waals surface area contributed by atoms with Gasteiger partial charge in [-0.1, -0.05) is 6.42 Å². The molecule has 0 saturated carbocycles. The van der Waals surface area contributed by atoms with Crippen molar-refractivity contribution in [2.45, 2.75) is 58.7 Å². The molecule has 27 heavy (non-hydrogen) atoms. The highest BCUT2D eigenvalue weighted by atomic mass is 16.5. The summed E-state index contributed by atoms with van der Waals surface area (Å²) in [7, 11) is 1.73. The van der Waals surface area contributed by atoms with Gasteiger partial charge in [-0.3, -0.25) is 4.90 Å². The minimum atomic E-state index is 0.640. The van der Waals surface area contributed by atoms with Gasteiger partial charge < -0.3 is 14.3 Å². The first-order valence-electron chi connectivity index (χ1n) is 10.0. The van der Waals surface area contributed by atoms with Crippen LogP contribution in [0.3, 0.4) is 0 Å². The largest absolute Gasteiger partial charge is 0.497 e. The molecule has 144 valence electrons. The van der Waals surface area contributed by atoms with Gasteiger partial charge in [0, 0.05) is 48.1 Å². The van der Waals surface area contributed by atoms with Crippen molar-refractivity contribution in [1.82, 2.24) is 19.4 Å². The SMILES string of the molecule is COc1ccc2[nH]c(CN3CCCCC3CCn3ccnc3C)c(C)c2c1. The Hall–Kier alpha value is -2.27. The fraction of sp³-hybridized carbons (Fsp3) is 0.500. The van der Waals surface area contributed by atoms with Gasteiger partial charge in [-0.05, 0) is 63.4 Å². The summed E-state index contributed by atoms with van der Waals surface area (Å²) < 4.78 is 7.67. The lowest BCUT2D eigenvalue weighted by Crippen LogP contribution is -2.39. The van der Waals surface area contributed by atoms with Gasteiger partial charge in [0.05, 0.1) is 7.11 Å². The number of fused-ring (bicyclic) bond motifs is 1. The molecule has 3 heterocycles. The van der Waals surface area contributed by atoms with Gasteiger partial charge in [-0.2, -0.15) is 0 Å². The number of rotatable bonds is 6. The molecule has 1 aliphatic heterocycles. The number of aromatic nitrogens is 3. The van der Waals surface area contributed by atoms with Crippen LogP contribution < -0.4 is 4.74 Å². The van der Waals surface area contributed by atoms with E-state index in [4.69, 9.17) is 4.74 Å². The van der Waals surface area contributed by atoms with Crippen LogP contribution in [0.1, 0.15) is 42.8 Å². The zero-order valence-electron chi connectivity index (χ0n) is 16.7. The third-order valence-corrected chi connectivity index (χ3v) is 6.11. The van der Waals surface area contributed by atoms with Crippen LogP contribution in [0.5, 0.6) is 5.75 Å². The van der Waals surface area contributed by atoms with Crippen molar-refractivity contribution in [3.05, 3.63) is 47.7 Å². The predicted molar refractivity (Wildman–Crippen MR) is 109 cm³/mol. The number of hydrogen-bond acceptors (Lipinski definition) is 3. The normalized spacial score (nSPS) is 18.3. The minimum Gasteiger partial charge on any atom is -0.497 e. The Morgan fingerprint density at radius 2 is 2.15 bits per heavy atom. The van der Waals surface area contributed by atoms with Crippen molar-refractivity contribution in [2.24, 2.45) is 0 Å². The van der Waals surface area contributed by atoms with Gasteiger partial charge in [0.1, 0.15) is 11.6 Å². The third-order valence-electron chi connectivity index (χ3n) is 6.11. The van der Waals surface area contributed by atoms with E-state index < -0.39 is 0 Å². The van der Waals surface area contributed by atoms with Crippen LogP contribution in [-0.2, 0) is 13.1 Å². The summed E-state index contributed by atoms with van der Waals surface area (Å²) in [6.07, 6.45) is 9.11. The van der Waals surface area contributed by atoms with Crippen LogP contribution >= 0.6 is 0 Å². The average Bonchev–Trinajstić information content (AvgIpc) is 3.24. The molecule has 1 atom stereocenters. The van der Waals surface area contributed by atoms with Gasteiger partial charge in [0.2, 0.25) is 0 Å². The van der Waals surface area contributed by atoms with Gasteiger partial charge in [0.25, 0.3) is 0 Å². The smallest absolute Gasteiger partial charge is 0.119 e. The van der Waals surface area contributed by atoms with Crippen molar-refractivity contribution in [3.63, 3.8) is 0 Å². The van der Waals surface area contributed by atoms with Crippen LogP contribution in [0.2, 0.25) is 0 Å². The first-order valence-corrected chi connectivity index (χ1v) is 10.0. The molecule has 0 bridgehead atoms. The molecule has 4 rings (SSSR count). The molecule has 3 aromatic rings. The molecule has 2 aromatic heterocycles. The van der Waals surface area contributed by atoms with Crippen LogP contribution in [0.15, 0.2) is 30.6 Å². The average molecular weight is 367 g/mol. The van der Waals surface area contributed by atoms with E-state index in [0.29, 0.717) is 6.04 Å². The molecule has 1 unspecified atom stereocenters. The number of ether oxygens (including phenoxy) is 1. The number of hydrogen-bond donors (Lipinski definition) is 1. The molecule has 0 amide bonds. The number of aryl methyl sites for hydroxylation is 3. The standard InChI is InChI=1S/C22H30N4O/c1-16-20-14-19(27-3)7-8-21(20)24-22(16)15-26-11-5-4-6-18(26)9-12-25-13-10-23-17(25)2/h7-8,10,13-14,18,24H,4-6,9,11-12,15H2,1-3H3. The van der Waals surface area contributed by atoms with Gasteiger partial charge in [-0.15, -0.1) is 0 Å². The molecule has 0 aliphatic carbocycles. The van der Waals surface area contributed by atoms with E-state index in [2.05, 4.69) is 51.6 Å². The number of benzene rings is 1. The minimum absolute atomic E-state index is 0.640. The van der Waals surface area contributed by atoms with Crippen molar-refractivity contribution in [1.29, 1.82) is 0 Å². The van der Waals surface area contributed by atoms with Crippen molar-refractivity contribution in [3.8, 4) is 5.75 Å². The summed E-state index contributed by atoms with van der Waals surface area (Å²) in [5.74, 6) is 2.03. The Labute approximate surface area is 161 Å². The lowest BCUT2D eigenvalue weighted by molar-refractivity contribution is 0.126. The third kappa shape index (κ3) is 3.74. The molecule has 1 aromatic carbocycles. The maximum absolute atomic E-state index is 5.40. The molecule has 1 fully saturated rings. The van der Waals surface area contributed by atoms with Crippen molar-refractivity contribution < 1.29 is 4.74 Å². The highest BCUT2D eigenvalue weighted by molar-refractivity contribution is 5.85. The highest BCUT2D eigenvalue weighted by Gasteiger charge is 2.24. The number of nitrogens with zero attached hydrogens (tertiary/aromatic N) is 3. The zero-order valence-corrected chi connectivity index (χ0v) is 16.7. The second-order valence-electron chi connectivity index (χ2n) is 7.72. The van der Waals surface area contributed by atoms with Crippen LogP contribution in [0, 0.1) is 13.8 Å². The second kappa shape index (κ2) is 7.77. The van der Waals surface area contributed by atoms with Gasteiger partial charge in [0.15, 0.2) is 0 Å². The molecule has 1 saturated heterocycles. The summed E-state index contributed by atoms with van der Waals surface area (Å²) in [6.45, 7) is 7.54. The summed E-state index contributed by atoms with van der Waals surface area (Å²) in [5, 5.41) is 1.27. The molecule has 5 nitrogen and oxygen atoms in total. The summed E-state index contributed by atoms with van der Waals surface area (Å²) >= 11 is 0. The summed E-state index contributed by atoms with van der Waals surface area (Å²) in [6, 6.07) is 6.93. The maximum Gasteiger partial charge on any atom is 0.119 e. The summed E-state index contributed by atoms with van der Waals surface area (Å²) in [4.78, 5) is 10.7. The molecule has 0 spiro atoms. The topological polar surface area (TPSA) is 46.1 Å². The fourth-order valence-corrected chi connectivity index (χ4v) is 4.37. The second-order valence-corrected chi connectivity index (χ2v) is 7.72. The maximum atomic E-state index is 5.40. The van der Waals surface area contributed by atoms with E-state index in [1.165, 1.54) is 54.4 Å². The predicted octanol–water partition coefficient (Wildman–Crippen LogP) is 4.43. The number of nitrogens with one attached hydrogen (secondary N) is 1. The molecular weight excluding hydrogens is 336 g/mol. The fourth-order valence-electron chi connectivity index (χ4n) is 4.37. The Kier molecular flexibility index (Phi) is 5.21. The monoisotopic (exact) mass is 366 g/mol. The first kappa shape index (κ1) is 18.1. The van der Waals surface area contributed by atoms with E-state index in [0.717, 1.165) is 24.7 Å². The van der Waals surface area contributed by atoms with E-state index in [1.54, 1.807) is 7.11 Å².